The lowest BCUT2D eigenvalue weighted by molar-refractivity contribution is 0.499. The van der Waals surface area contributed by atoms with Gasteiger partial charge in [0.25, 0.3) is 5.56 Å². The molecule has 3 rings (SSSR count). The third-order valence-corrected chi connectivity index (χ3v) is 4.81. The van der Waals surface area contributed by atoms with E-state index in [2.05, 4.69) is 11.1 Å². The summed E-state index contributed by atoms with van der Waals surface area (Å²) < 4.78 is 14.6. The van der Waals surface area contributed by atoms with E-state index in [0.29, 0.717) is 22.2 Å². The number of rotatable bonds is 5. The average molecular weight is 352 g/mol. The molecular formula is C18H13FN4OS. The topological polar surface area (TPSA) is 82.5 Å². The maximum absolute atomic E-state index is 13.1. The molecule has 0 saturated carbocycles. The van der Waals surface area contributed by atoms with Gasteiger partial charge in [0.05, 0.1) is 29.8 Å². The summed E-state index contributed by atoms with van der Waals surface area (Å²) in [7, 11) is 0. The van der Waals surface area contributed by atoms with Gasteiger partial charge in [0.15, 0.2) is 0 Å². The molecule has 1 aromatic carbocycles. The molecule has 25 heavy (non-hydrogen) atoms. The highest BCUT2D eigenvalue weighted by molar-refractivity contribution is 7.17. The normalized spacial score (nSPS) is 11.8. The highest BCUT2D eigenvalue weighted by Crippen LogP contribution is 2.30. The van der Waals surface area contributed by atoms with Crippen LogP contribution >= 0.6 is 11.3 Å². The minimum atomic E-state index is -0.426. The van der Waals surface area contributed by atoms with Gasteiger partial charge in [-0.1, -0.05) is 12.1 Å². The van der Waals surface area contributed by atoms with Crippen molar-refractivity contribution in [2.75, 3.05) is 0 Å². The summed E-state index contributed by atoms with van der Waals surface area (Å²) >= 11 is 1.35. The lowest BCUT2D eigenvalue weighted by atomic mass is 10.0. The van der Waals surface area contributed by atoms with Crippen molar-refractivity contribution in [3.8, 4) is 23.3 Å². The van der Waals surface area contributed by atoms with E-state index in [1.54, 1.807) is 12.1 Å². The Morgan fingerprint density at radius 2 is 2.04 bits per heavy atom. The van der Waals surface area contributed by atoms with Gasteiger partial charge in [-0.15, -0.1) is 11.3 Å². The zero-order chi connectivity index (χ0) is 17.8. The molecule has 0 spiro atoms. The number of aromatic nitrogens is 2. The van der Waals surface area contributed by atoms with Crippen LogP contribution in [0.2, 0.25) is 0 Å². The summed E-state index contributed by atoms with van der Waals surface area (Å²) in [4.78, 5) is 17.8. The summed E-state index contributed by atoms with van der Waals surface area (Å²) in [6.07, 6.45) is 2.11. The Labute approximate surface area is 147 Å². The first-order valence-electron chi connectivity index (χ1n) is 7.63. The Hall–Kier alpha value is -3.03. The van der Waals surface area contributed by atoms with Gasteiger partial charge in [0.2, 0.25) is 0 Å². The van der Waals surface area contributed by atoms with Crippen LogP contribution in [0, 0.1) is 34.4 Å². The molecule has 3 aromatic rings. The number of thiophene rings is 1. The minimum Gasteiger partial charge on any atom is -0.297 e. The van der Waals surface area contributed by atoms with Crippen molar-refractivity contribution in [3.05, 3.63) is 52.1 Å². The first-order valence-corrected chi connectivity index (χ1v) is 8.51. The molecule has 2 aromatic heterocycles. The number of hydrogen-bond acceptors (Lipinski definition) is 5. The summed E-state index contributed by atoms with van der Waals surface area (Å²) in [5.41, 5.74) is 1.21. The van der Waals surface area contributed by atoms with E-state index in [0.717, 1.165) is 5.56 Å². The average Bonchev–Trinajstić information content (AvgIpc) is 3.06. The molecule has 2 heterocycles. The zero-order valence-electron chi connectivity index (χ0n) is 13.1. The summed E-state index contributed by atoms with van der Waals surface area (Å²) in [6.45, 7) is 0.193. The predicted octanol–water partition coefficient (Wildman–Crippen LogP) is 3.71. The van der Waals surface area contributed by atoms with Crippen molar-refractivity contribution in [2.24, 2.45) is 5.92 Å². The fraction of sp³-hybridized carbons (Fsp3) is 0.222. The molecule has 5 nitrogen and oxygen atoms in total. The van der Waals surface area contributed by atoms with Crippen molar-refractivity contribution in [3.63, 3.8) is 0 Å². The van der Waals surface area contributed by atoms with Crippen molar-refractivity contribution in [1.29, 1.82) is 10.5 Å². The van der Waals surface area contributed by atoms with E-state index in [1.165, 1.54) is 34.4 Å². The third-order valence-electron chi connectivity index (χ3n) is 3.92. The van der Waals surface area contributed by atoms with Gasteiger partial charge >= 0.3 is 0 Å². The molecular weight excluding hydrogens is 339 g/mol. The second-order valence-corrected chi connectivity index (χ2v) is 6.42. The van der Waals surface area contributed by atoms with Crippen LogP contribution in [0.5, 0.6) is 0 Å². The quantitative estimate of drug-likeness (QED) is 0.701. The van der Waals surface area contributed by atoms with E-state index in [4.69, 9.17) is 5.26 Å². The van der Waals surface area contributed by atoms with Crippen molar-refractivity contribution >= 4 is 21.6 Å². The molecule has 0 amide bonds. The Morgan fingerprint density at radius 1 is 1.28 bits per heavy atom. The van der Waals surface area contributed by atoms with E-state index in [1.807, 2.05) is 11.4 Å². The minimum absolute atomic E-state index is 0.193. The fourth-order valence-corrected chi connectivity index (χ4v) is 3.52. The van der Waals surface area contributed by atoms with Crippen LogP contribution in [0.4, 0.5) is 4.39 Å². The standard InChI is InChI=1S/C18H13FN4OS/c19-14-5-3-13(4-6-14)15-10-25-17-16(15)18(24)23(11-22-17)9-12(8-21)2-1-7-20/h3-6,10-12H,1-2,9H2/t12-/m0/s1. The smallest absolute Gasteiger partial charge is 0.262 e. The number of nitriles is 2. The van der Waals surface area contributed by atoms with Crippen LogP contribution < -0.4 is 5.56 Å². The molecule has 0 saturated heterocycles. The SMILES string of the molecule is N#CCC[C@@H](C#N)Cn1cnc2scc(-c3ccc(F)cc3)c2c1=O. The Bertz CT molecular complexity index is 1040. The largest absolute Gasteiger partial charge is 0.297 e. The van der Waals surface area contributed by atoms with Gasteiger partial charge in [-0.25, -0.2) is 9.37 Å². The maximum Gasteiger partial charge on any atom is 0.262 e. The zero-order valence-corrected chi connectivity index (χ0v) is 14.0. The second kappa shape index (κ2) is 7.25. The molecule has 7 heteroatoms. The number of halogens is 1. The number of benzene rings is 1. The molecule has 0 aliphatic carbocycles. The van der Waals surface area contributed by atoms with Crippen molar-refractivity contribution in [1.82, 2.24) is 9.55 Å². The molecule has 0 radical (unpaired) electrons. The van der Waals surface area contributed by atoms with Crippen molar-refractivity contribution < 1.29 is 4.39 Å². The molecule has 124 valence electrons. The van der Waals surface area contributed by atoms with Gasteiger partial charge < -0.3 is 0 Å². The van der Waals surface area contributed by atoms with Gasteiger partial charge in [0, 0.05) is 23.9 Å². The van der Waals surface area contributed by atoms with Gasteiger partial charge in [-0.3, -0.25) is 9.36 Å². The van der Waals surface area contributed by atoms with Crippen LogP contribution in [-0.4, -0.2) is 9.55 Å². The van der Waals surface area contributed by atoms with Crippen LogP contribution in [0.1, 0.15) is 12.8 Å². The Kier molecular flexibility index (Phi) is 4.87. The van der Waals surface area contributed by atoms with E-state index < -0.39 is 5.92 Å². The van der Waals surface area contributed by atoms with E-state index in [9.17, 15) is 14.4 Å². The highest BCUT2D eigenvalue weighted by atomic mass is 32.1. The van der Waals surface area contributed by atoms with Gasteiger partial charge in [-0.05, 0) is 24.1 Å². The second-order valence-electron chi connectivity index (χ2n) is 5.56. The van der Waals surface area contributed by atoms with Gasteiger partial charge in [-0.2, -0.15) is 10.5 Å². The summed E-state index contributed by atoms with van der Waals surface area (Å²) in [6, 6.07) is 10.1. The van der Waals surface area contributed by atoms with Crippen molar-refractivity contribution in [2.45, 2.75) is 19.4 Å². The monoisotopic (exact) mass is 352 g/mol. The molecule has 0 bridgehead atoms. The molecule has 0 fully saturated rings. The number of fused-ring (bicyclic) bond motifs is 1. The fourth-order valence-electron chi connectivity index (χ4n) is 2.61. The molecule has 0 aliphatic rings. The summed E-state index contributed by atoms with van der Waals surface area (Å²) in [5, 5.41) is 20.2. The van der Waals surface area contributed by atoms with Crippen LogP contribution in [0.15, 0.2) is 40.8 Å². The van der Waals surface area contributed by atoms with Crippen LogP contribution in [-0.2, 0) is 6.54 Å². The van der Waals surface area contributed by atoms with Gasteiger partial charge in [0.1, 0.15) is 10.6 Å². The van der Waals surface area contributed by atoms with Crippen LogP contribution in [0.3, 0.4) is 0 Å². The van der Waals surface area contributed by atoms with Crippen LogP contribution in [0.25, 0.3) is 21.3 Å². The van der Waals surface area contributed by atoms with E-state index >= 15 is 0 Å². The molecule has 0 aliphatic heterocycles. The lowest BCUT2D eigenvalue weighted by Crippen LogP contribution is -2.24. The molecule has 0 unspecified atom stereocenters. The molecule has 0 N–H and O–H groups in total. The first kappa shape index (κ1) is 16.8. The lowest BCUT2D eigenvalue weighted by Gasteiger charge is -2.10. The summed E-state index contributed by atoms with van der Waals surface area (Å²) in [5.74, 6) is -0.766. The first-order chi connectivity index (χ1) is 12.1. The number of nitrogens with zero attached hydrogens (tertiary/aromatic N) is 4. The van der Waals surface area contributed by atoms with E-state index in [-0.39, 0.29) is 24.3 Å². The Balaban J connectivity index is 2.03. The third kappa shape index (κ3) is 3.42. The highest BCUT2D eigenvalue weighted by Gasteiger charge is 2.16. The predicted molar refractivity (Wildman–Crippen MR) is 93.2 cm³/mol. The number of hydrogen-bond donors (Lipinski definition) is 0. The molecule has 1 atom stereocenters. The Morgan fingerprint density at radius 3 is 2.72 bits per heavy atom. The maximum atomic E-state index is 13.1.